The Kier molecular flexibility index (Phi) is 7.70. The number of anilines is 1. The van der Waals surface area contributed by atoms with Crippen molar-refractivity contribution < 1.29 is 26.4 Å². The molecule has 1 aromatic rings. The molecule has 1 atom stereocenters. The quantitative estimate of drug-likeness (QED) is 0.612. The van der Waals surface area contributed by atoms with Gasteiger partial charge in [-0.1, -0.05) is 6.42 Å². The highest BCUT2D eigenvalue weighted by Gasteiger charge is 2.29. The highest BCUT2D eigenvalue weighted by Crippen LogP contribution is 2.31. The minimum absolute atomic E-state index is 0.0853. The van der Waals surface area contributed by atoms with Crippen molar-refractivity contribution in [3.8, 4) is 5.75 Å². The zero-order valence-corrected chi connectivity index (χ0v) is 19.5. The number of sulfonamides is 1. The fourth-order valence-electron chi connectivity index (χ4n) is 3.58. The van der Waals surface area contributed by atoms with Gasteiger partial charge in [0.25, 0.3) is 0 Å². The van der Waals surface area contributed by atoms with Gasteiger partial charge < -0.3 is 10.1 Å². The standard InChI is InChI=1S/C19H28N2O6S3/c1-2-27-18-7-6-16(30(25,26)21-9-4-3-5-10-21)12-17(18)20-19(22)13-28-15-8-11-29(23,24)14-15/h6-7,12,15H,2-5,8-11,13-14H2,1H3,(H,20,22)/t15-/m0/s1. The summed E-state index contributed by atoms with van der Waals surface area (Å²) in [5.41, 5.74) is 0.305. The number of thioether (sulfide) groups is 1. The second kappa shape index (κ2) is 9.88. The molecular formula is C19H28N2O6S3. The van der Waals surface area contributed by atoms with Crippen LogP contribution in [0.2, 0.25) is 0 Å². The topological polar surface area (TPSA) is 110 Å². The Morgan fingerprint density at radius 1 is 1.27 bits per heavy atom. The van der Waals surface area contributed by atoms with Crippen LogP contribution in [0.15, 0.2) is 23.1 Å². The van der Waals surface area contributed by atoms with Gasteiger partial charge in [-0.3, -0.25) is 4.79 Å². The van der Waals surface area contributed by atoms with Crippen LogP contribution < -0.4 is 10.1 Å². The summed E-state index contributed by atoms with van der Waals surface area (Å²) < 4.78 is 56.1. The lowest BCUT2D eigenvalue weighted by atomic mass is 10.2. The fourth-order valence-corrected chi connectivity index (χ4v) is 8.56. The summed E-state index contributed by atoms with van der Waals surface area (Å²) in [6.07, 6.45) is 3.26. The molecule has 2 fully saturated rings. The molecule has 2 aliphatic heterocycles. The van der Waals surface area contributed by atoms with Gasteiger partial charge in [-0.05, 0) is 44.4 Å². The predicted molar refractivity (Wildman–Crippen MR) is 118 cm³/mol. The van der Waals surface area contributed by atoms with Crippen LogP contribution in [-0.2, 0) is 24.7 Å². The molecule has 2 heterocycles. The monoisotopic (exact) mass is 476 g/mol. The van der Waals surface area contributed by atoms with E-state index in [1.54, 1.807) is 13.0 Å². The number of piperidine rings is 1. The predicted octanol–water partition coefficient (Wildman–Crippen LogP) is 2.12. The van der Waals surface area contributed by atoms with Crippen LogP contribution in [0.5, 0.6) is 5.75 Å². The maximum atomic E-state index is 13.0. The van der Waals surface area contributed by atoms with E-state index >= 15 is 0 Å². The van der Waals surface area contributed by atoms with Gasteiger partial charge in [0.1, 0.15) is 5.75 Å². The van der Waals surface area contributed by atoms with E-state index in [1.165, 1.54) is 28.2 Å². The van der Waals surface area contributed by atoms with Crippen molar-refractivity contribution in [3.05, 3.63) is 18.2 Å². The van der Waals surface area contributed by atoms with E-state index in [9.17, 15) is 21.6 Å². The average Bonchev–Trinajstić information content (AvgIpc) is 3.07. The Bertz CT molecular complexity index is 972. The molecule has 3 rings (SSSR count). The third-order valence-electron chi connectivity index (χ3n) is 5.12. The van der Waals surface area contributed by atoms with Gasteiger partial charge in [0.15, 0.2) is 9.84 Å². The van der Waals surface area contributed by atoms with Crippen molar-refractivity contribution >= 4 is 43.2 Å². The highest BCUT2D eigenvalue weighted by atomic mass is 32.2. The van der Waals surface area contributed by atoms with E-state index in [4.69, 9.17) is 4.74 Å². The summed E-state index contributed by atoms with van der Waals surface area (Å²) in [6, 6.07) is 4.51. The Balaban J connectivity index is 1.72. The van der Waals surface area contributed by atoms with Gasteiger partial charge in [-0.2, -0.15) is 4.31 Å². The molecule has 2 aliphatic rings. The number of hydrogen-bond acceptors (Lipinski definition) is 7. The number of hydrogen-bond donors (Lipinski definition) is 1. The lowest BCUT2D eigenvalue weighted by molar-refractivity contribution is -0.113. The molecule has 0 unspecified atom stereocenters. The van der Waals surface area contributed by atoms with Crippen LogP contribution in [0.4, 0.5) is 5.69 Å². The van der Waals surface area contributed by atoms with E-state index in [0.29, 0.717) is 37.6 Å². The largest absolute Gasteiger partial charge is 0.492 e. The first-order valence-electron chi connectivity index (χ1n) is 10.1. The molecular weight excluding hydrogens is 448 g/mol. The Hall–Kier alpha value is -1.30. The van der Waals surface area contributed by atoms with Gasteiger partial charge in [0.05, 0.1) is 34.4 Å². The molecule has 0 bridgehead atoms. The number of amides is 1. The first-order valence-corrected chi connectivity index (χ1v) is 14.4. The summed E-state index contributed by atoms with van der Waals surface area (Å²) in [7, 11) is -6.63. The molecule has 1 aromatic carbocycles. The Labute approximate surface area is 182 Å². The number of carbonyl (C=O) groups is 1. The first kappa shape index (κ1) is 23.4. The molecule has 8 nitrogen and oxygen atoms in total. The number of carbonyl (C=O) groups excluding carboxylic acids is 1. The van der Waals surface area contributed by atoms with Gasteiger partial charge in [0, 0.05) is 18.3 Å². The fraction of sp³-hybridized carbons (Fsp3) is 0.632. The average molecular weight is 477 g/mol. The summed E-state index contributed by atoms with van der Waals surface area (Å²) >= 11 is 1.31. The molecule has 1 N–H and O–H groups in total. The van der Waals surface area contributed by atoms with E-state index in [-0.39, 0.29) is 33.3 Å². The van der Waals surface area contributed by atoms with Crippen molar-refractivity contribution in [2.24, 2.45) is 0 Å². The molecule has 0 saturated carbocycles. The number of sulfone groups is 1. The minimum atomic E-state index is -3.64. The summed E-state index contributed by atoms with van der Waals surface area (Å²) in [5, 5.41) is 2.65. The third-order valence-corrected chi connectivity index (χ3v) is 10.3. The van der Waals surface area contributed by atoms with Gasteiger partial charge in [0.2, 0.25) is 15.9 Å². The third kappa shape index (κ3) is 5.89. The molecule has 2 saturated heterocycles. The number of nitrogens with one attached hydrogen (secondary N) is 1. The van der Waals surface area contributed by atoms with E-state index < -0.39 is 19.9 Å². The van der Waals surface area contributed by atoms with Crippen LogP contribution >= 0.6 is 11.8 Å². The summed E-state index contributed by atoms with van der Waals surface area (Å²) in [6.45, 7) is 3.17. The Morgan fingerprint density at radius 2 is 2.00 bits per heavy atom. The molecule has 1 amide bonds. The van der Waals surface area contributed by atoms with Crippen molar-refractivity contribution in [2.45, 2.75) is 42.8 Å². The molecule has 11 heteroatoms. The molecule has 0 radical (unpaired) electrons. The molecule has 0 spiro atoms. The van der Waals surface area contributed by atoms with E-state index in [0.717, 1.165) is 19.3 Å². The van der Waals surface area contributed by atoms with Crippen LogP contribution in [0, 0.1) is 0 Å². The van der Waals surface area contributed by atoms with Crippen molar-refractivity contribution in [1.82, 2.24) is 4.31 Å². The zero-order chi connectivity index (χ0) is 21.8. The lowest BCUT2D eigenvalue weighted by Gasteiger charge is -2.26. The number of benzene rings is 1. The van der Waals surface area contributed by atoms with E-state index in [1.807, 2.05) is 0 Å². The number of rotatable bonds is 8. The molecule has 168 valence electrons. The molecule has 0 aromatic heterocycles. The normalized spacial score (nSPS) is 22.0. The first-order chi connectivity index (χ1) is 14.2. The van der Waals surface area contributed by atoms with Crippen LogP contribution in [-0.4, -0.2) is 69.3 Å². The van der Waals surface area contributed by atoms with Gasteiger partial charge >= 0.3 is 0 Å². The van der Waals surface area contributed by atoms with Crippen molar-refractivity contribution in [1.29, 1.82) is 0 Å². The SMILES string of the molecule is CCOc1ccc(S(=O)(=O)N2CCCCC2)cc1NC(=O)CS[C@H]1CCS(=O)(=O)C1. The zero-order valence-electron chi connectivity index (χ0n) is 17.0. The Morgan fingerprint density at radius 3 is 2.63 bits per heavy atom. The van der Waals surface area contributed by atoms with Crippen LogP contribution in [0.1, 0.15) is 32.6 Å². The lowest BCUT2D eigenvalue weighted by Crippen LogP contribution is -2.35. The molecule has 30 heavy (non-hydrogen) atoms. The number of nitrogens with zero attached hydrogens (tertiary/aromatic N) is 1. The van der Waals surface area contributed by atoms with Gasteiger partial charge in [-0.25, -0.2) is 16.8 Å². The minimum Gasteiger partial charge on any atom is -0.492 e. The van der Waals surface area contributed by atoms with Crippen LogP contribution in [0.3, 0.4) is 0 Å². The highest BCUT2D eigenvalue weighted by molar-refractivity contribution is 8.02. The number of ether oxygens (including phenoxy) is 1. The maximum Gasteiger partial charge on any atom is 0.243 e. The summed E-state index contributed by atoms with van der Waals surface area (Å²) in [5.74, 6) is 0.430. The maximum absolute atomic E-state index is 13.0. The smallest absolute Gasteiger partial charge is 0.243 e. The van der Waals surface area contributed by atoms with Crippen molar-refractivity contribution in [2.75, 3.05) is 42.3 Å². The van der Waals surface area contributed by atoms with E-state index in [2.05, 4.69) is 5.32 Å². The van der Waals surface area contributed by atoms with Crippen LogP contribution in [0.25, 0.3) is 0 Å². The second-order valence-electron chi connectivity index (χ2n) is 7.44. The molecule has 0 aliphatic carbocycles. The summed E-state index contributed by atoms with van der Waals surface area (Å²) in [4.78, 5) is 12.6. The second-order valence-corrected chi connectivity index (χ2v) is 12.9. The van der Waals surface area contributed by atoms with Gasteiger partial charge in [-0.15, -0.1) is 11.8 Å². The van der Waals surface area contributed by atoms with Crippen molar-refractivity contribution in [3.63, 3.8) is 0 Å².